The molecule has 3 rings (SSSR count). The fourth-order valence-corrected chi connectivity index (χ4v) is 2.63. The largest absolute Gasteiger partial charge is 0.373 e. The van der Waals surface area contributed by atoms with Crippen molar-refractivity contribution in [3.8, 4) is 0 Å². The third-order valence-electron chi connectivity index (χ3n) is 2.80. The van der Waals surface area contributed by atoms with Crippen molar-refractivity contribution in [2.75, 3.05) is 17.7 Å². The van der Waals surface area contributed by atoms with E-state index in [-0.39, 0.29) is 5.91 Å². The SMILES string of the molecule is CNc1ccc(C(=O)Nc2nc3ccccc3s2)cn1. The fraction of sp³-hybridized carbons (Fsp3) is 0.0714. The average Bonchev–Trinajstić information content (AvgIpc) is 2.89. The Morgan fingerprint density at radius 3 is 2.75 bits per heavy atom. The highest BCUT2D eigenvalue weighted by Gasteiger charge is 2.10. The van der Waals surface area contributed by atoms with E-state index in [0.29, 0.717) is 10.7 Å². The minimum Gasteiger partial charge on any atom is -0.373 e. The zero-order chi connectivity index (χ0) is 13.9. The Labute approximate surface area is 119 Å². The monoisotopic (exact) mass is 284 g/mol. The van der Waals surface area contributed by atoms with Gasteiger partial charge in [-0.1, -0.05) is 23.5 Å². The maximum absolute atomic E-state index is 12.1. The van der Waals surface area contributed by atoms with Gasteiger partial charge in [-0.25, -0.2) is 9.97 Å². The molecule has 2 aromatic heterocycles. The van der Waals surface area contributed by atoms with Gasteiger partial charge in [-0.3, -0.25) is 10.1 Å². The summed E-state index contributed by atoms with van der Waals surface area (Å²) in [5, 5.41) is 6.29. The van der Waals surface area contributed by atoms with Gasteiger partial charge in [0.15, 0.2) is 5.13 Å². The smallest absolute Gasteiger partial charge is 0.259 e. The van der Waals surface area contributed by atoms with Gasteiger partial charge >= 0.3 is 0 Å². The van der Waals surface area contributed by atoms with Gasteiger partial charge in [0.05, 0.1) is 15.8 Å². The summed E-state index contributed by atoms with van der Waals surface area (Å²) >= 11 is 1.45. The quantitative estimate of drug-likeness (QED) is 0.776. The summed E-state index contributed by atoms with van der Waals surface area (Å²) in [7, 11) is 1.78. The van der Waals surface area contributed by atoms with Crippen molar-refractivity contribution in [3.63, 3.8) is 0 Å². The lowest BCUT2D eigenvalue weighted by Crippen LogP contribution is -2.12. The Morgan fingerprint density at radius 2 is 2.05 bits per heavy atom. The molecule has 2 heterocycles. The molecule has 0 bridgehead atoms. The van der Waals surface area contributed by atoms with Gasteiger partial charge in [0.1, 0.15) is 5.82 Å². The topological polar surface area (TPSA) is 66.9 Å². The minimum absolute atomic E-state index is 0.209. The Kier molecular flexibility index (Phi) is 3.30. The number of hydrogen-bond donors (Lipinski definition) is 2. The molecule has 2 N–H and O–H groups in total. The number of aromatic nitrogens is 2. The highest BCUT2D eigenvalue weighted by Crippen LogP contribution is 2.25. The molecule has 0 radical (unpaired) electrons. The lowest BCUT2D eigenvalue weighted by atomic mass is 10.2. The van der Waals surface area contributed by atoms with Crippen LogP contribution in [0.3, 0.4) is 0 Å². The number of pyridine rings is 1. The molecule has 0 aliphatic rings. The van der Waals surface area contributed by atoms with E-state index in [4.69, 9.17) is 0 Å². The van der Waals surface area contributed by atoms with Gasteiger partial charge < -0.3 is 5.32 Å². The molecule has 100 valence electrons. The number of nitrogens with one attached hydrogen (secondary N) is 2. The van der Waals surface area contributed by atoms with Crippen molar-refractivity contribution in [3.05, 3.63) is 48.2 Å². The van der Waals surface area contributed by atoms with E-state index in [1.165, 1.54) is 17.5 Å². The van der Waals surface area contributed by atoms with E-state index in [1.807, 2.05) is 24.3 Å². The molecule has 0 saturated carbocycles. The summed E-state index contributed by atoms with van der Waals surface area (Å²) in [5.41, 5.74) is 1.39. The number of carbonyl (C=O) groups excluding carboxylic acids is 1. The van der Waals surface area contributed by atoms with E-state index in [9.17, 15) is 4.79 Å². The van der Waals surface area contributed by atoms with Crippen LogP contribution >= 0.6 is 11.3 Å². The van der Waals surface area contributed by atoms with Crippen LogP contribution < -0.4 is 10.6 Å². The Morgan fingerprint density at radius 1 is 1.20 bits per heavy atom. The maximum Gasteiger partial charge on any atom is 0.259 e. The first kappa shape index (κ1) is 12.6. The zero-order valence-corrected chi connectivity index (χ0v) is 11.6. The Bertz CT molecular complexity index is 718. The minimum atomic E-state index is -0.209. The van der Waals surface area contributed by atoms with Crippen molar-refractivity contribution in [1.82, 2.24) is 9.97 Å². The molecule has 20 heavy (non-hydrogen) atoms. The zero-order valence-electron chi connectivity index (χ0n) is 10.8. The van der Waals surface area contributed by atoms with Crippen LogP contribution in [0, 0.1) is 0 Å². The third-order valence-corrected chi connectivity index (χ3v) is 3.75. The van der Waals surface area contributed by atoms with Gasteiger partial charge in [0.25, 0.3) is 5.91 Å². The normalized spacial score (nSPS) is 10.4. The molecule has 0 saturated heterocycles. The van der Waals surface area contributed by atoms with Gasteiger partial charge in [-0.05, 0) is 24.3 Å². The second kappa shape index (κ2) is 5.26. The standard InChI is InChI=1S/C14H12N4OS/c1-15-12-7-6-9(8-16-12)13(19)18-14-17-10-4-2-3-5-11(10)20-14/h2-8H,1H3,(H,15,16)(H,17,18,19). The van der Waals surface area contributed by atoms with Gasteiger partial charge in [-0.2, -0.15) is 0 Å². The van der Waals surface area contributed by atoms with E-state index in [0.717, 1.165) is 16.0 Å². The first-order chi connectivity index (χ1) is 9.76. The van der Waals surface area contributed by atoms with Gasteiger partial charge in [0.2, 0.25) is 0 Å². The van der Waals surface area contributed by atoms with Crippen LogP contribution in [0.5, 0.6) is 0 Å². The predicted molar refractivity (Wildman–Crippen MR) is 81.4 cm³/mol. The number of carbonyl (C=O) groups is 1. The number of benzene rings is 1. The molecule has 0 unspecified atom stereocenters. The van der Waals surface area contributed by atoms with Crippen LogP contribution in [0.25, 0.3) is 10.2 Å². The summed E-state index contributed by atoms with van der Waals surface area (Å²) in [6, 6.07) is 11.3. The first-order valence-corrected chi connectivity index (χ1v) is 6.88. The maximum atomic E-state index is 12.1. The number of nitrogens with zero attached hydrogens (tertiary/aromatic N) is 2. The van der Waals surface area contributed by atoms with Crippen LogP contribution in [0.1, 0.15) is 10.4 Å². The molecule has 0 aliphatic heterocycles. The van der Waals surface area contributed by atoms with E-state index >= 15 is 0 Å². The van der Waals surface area contributed by atoms with Crippen LogP contribution in [0.15, 0.2) is 42.6 Å². The molecule has 6 heteroatoms. The summed E-state index contributed by atoms with van der Waals surface area (Å²) in [6.07, 6.45) is 1.54. The number of para-hydroxylation sites is 1. The van der Waals surface area contributed by atoms with E-state index in [1.54, 1.807) is 19.2 Å². The van der Waals surface area contributed by atoms with E-state index < -0.39 is 0 Å². The molecule has 0 fully saturated rings. The summed E-state index contributed by atoms with van der Waals surface area (Å²) in [6.45, 7) is 0. The molecular weight excluding hydrogens is 272 g/mol. The molecule has 0 spiro atoms. The fourth-order valence-electron chi connectivity index (χ4n) is 1.77. The predicted octanol–water partition coefficient (Wildman–Crippen LogP) is 2.99. The van der Waals surface area contributed by atoms with Crippen molar-refractivity contribution < 1.29 is 4.79 Å². The van der Waals surface area contributed by atoms with Crippen LogP contribution in [-0.4, -0.2) is 22.9 Å². The molecule has 0 atom stereocenters. The molecule has 1 aromatic carbocycles. The Hall–Kier alpha value is -2.47. The van der Waals surface area contributed by atoms with Gasteiger partial charge in [-0.15, -0.1) is 0 Å². The summed E-state index contributed by atoms with van der Waals surface area (Å²) in [4.78, 5) is 20.6. The van der Waals surface area contributed by atoms with Crippen LogP contribution in [0.2, 0.25) is 0 Å². The van der Waals surface area contributed by atoms with E-state index in [2.05, 4.69) is 20.6 Å². The van der Waals surface area contributed by atoms with Crippen molar-refractivity contribution >= 4 is 38.4 Å². The molecular formula is C14H12N4OS. The second-order valence-corrected chi connectivity index (χ2v) is 5.15. The highest BCUT2D eigenvalue weighted by atomic mass is 32.1. The number of rotatable bonds is 3. The Balaban J connectivity index is 1.80. The average molecular weight is 284 g/mol. The molecule has 0 aliphatic carbocycles. The first-order valence-electron chi connectivity index (χ1n) is 6.07. The van der Waals surface area contributed by atoms with Crippen molar-refractivity contribution in [1.29, 1.82) is 0 Å². The summed E-state index contributed by atoms with van der Waals surface area (Å²) < 4.78 is 1.05. The molecule has 1 amide bonds. The molecule has 5 nitrogen and oxygen atoms in total. The number of anilines is 2. The van der Waals surface area contributed by atoms with Gasteiger partial charge in [0, 0.05) is 13.2 Å². The summed E-state index contributed by atoms with van der Waals surface area (Å²) in [5.74, 6) is 0.515. The molecule has 3 aromatic rings. The van der Waals surface area contributed by atoms with Crippen molar-refractivity contribution in [2.24, 2.45) is 0 Å². The second-order valence-electron chi connectivity index (χ2n) is 4.12. The highest BCUT2D eigenvalue weighted by molar-refractivity contribution is 7.22. The van der Waals surface area contributed by atoms with Crippen molar-refractivity contribution in [2.45, 2.75) is 0 Å². The number of amides is 1. The van der Waals surface area contributed by atoms with Crippen LogP contribution in [-0.2, 0) is 0 Å². The number of fused-ring (bicyclic) bond motifs is 1. The number of thiazole rings is 1. The lowest BCUT2D eigenvalue weighted by Gasteiger charge is -2.02. The lowest BCUT2D eigenvalue weighted by molar-refractivity contribution is 0.102. The van der Waals surface area contributed by atoms with Crippen LogP contribution in [0.4, 0.5) is 10.9 Å². The number of hydrogen-bond acceptors (Lipinski definition) is 5. The third kappa shape index (κ3) is 2.46.